The first-order valence-electron chi connectivity index (χ1n) is 7.70. The lowest BCUT2D eigenvalue weighted by molar-refractivity contribution is 0.208. The van der Waals surface area contributed by atoms with E-state index in [4.69, 9.17) is 0 Å². The summed E-state index contributed by atoms with van der Waals surface area (Å²) in [6.07, 6.45) is 8.38. The van der Waals surface area contributed by atoms with Crippen molar-refractivity contribution < 1.29 is 0 Å². The van der Waals surface area contributed by atoms with E-state index < -0.39 is 0 Å². The van der Waals surface area contributed by atoms with Gasteiger partial charge in [0.1, 0.15) is 0 Å². The Kier molecular flexibility index (Phi) is 4.18. The third-order valence-electron chi connectivity index (χ3n) is 4.70. The van der Waals surface area contributed by atoms with Crippen LogP contribution in [-0.4, -0.2) is 18.3 Å². The highest BCUT2D eigenvalue weighted by atomic mass is 32.2. The number of hydrogen-bond acceptors (Lipinski definition) is 2. The molecule has 0 bridgehead atoms. The maximum atomic E-state index is 3.75. The van der Waals surface area contributed by atoms with Gasteiger partial charge >= 0.3 is 0 Å². The predicted molar refractivity (Wildman–Crippen MR) is 83.9 cm³/mol. The molecular formula is C17H25NS. The molecule has 0 saturated heterocycles. The van der Waals surface area contributed by atoms with Crippen LogP contribution < -0.4 is 5.32 Å². The minimum atomic E-state index is 0.564. The van der Waals surface area contributed by atoms with Gasteiger partial charge in [-0.1, -0.05) is 44.4 Å². The molecule has 2 heteroatoms. The van der Waals surface area contributed by atoms with Gasteiger partial charge in [-0.2, -0.15) is 0 Å². The summed E-state index contributed by atoms with van der Waals surface area (Å²) in [4.78, 5) is 1.50. The minimum absolute atomic E-state index is 0.564. The molecule has 1 unspecified atom stereocenters. The van der Waals surface area contributed by atoms with Gasteiger partial charge in [-0.3, -0.25) is 0 Å². The lowest BCUT2D eigenvalue weighted by Crippen LogP contribution is -2.36. The van der Waals surface area contributed by atoms with Crippen molar-refractivity contribution in [1.82, 2.24) is 5.32 Å². The maximum Gasteiger partial charge on any atom is 0.0260 e. The first-order chi connectivity index (χ1) is 9.25. The number of hydrogen-bond donors (Lipinski definition) is 1. The fraction of sp³-hybridized carbons (Fsp3) is 0.647. The number of rotatable bonds is 4. The van der Waals surface area contributed by atoms with Crippen molar-refractivity contribution >= 4 is 11.8 Å². The van der Waals surface area contributed by atoms with Crippen molar-refractivity contribution in [2.75, 3.05) is 13.1 Å². The molecule has 1 aliphatic carbocycles. The highest BCUT2D eigenvalue weighted by molar-refractivity contribution is 8.00. The van der Waals surface area contributed by atoms with E-state index in [0.29, 0.717) is 5.41 Å². The molecule has 1 atom stereocenters. The topological polar surface area (TPSA) is 12.0 Å². The molecule has 2 aliphatic rings. The van der Waals surface area contributed by atoms with E-state index >= 15 is 0 Å². The monoisotopic (exact) mass is 275 g/mol. The zero-order chi connectivity index (χ0) is 13.1. The van der Waals surface area contributed by atoms with Crippen LogP contribution in [0.25, 0.3) is 0 Å². The van der Waals surface area contributed by atoms with E-state index in [2.05, 4.69) is 48.3 Å². The number of fused-ring (bicyclic) bond motifs is 1. The molecule has 19 heavy (non-hydrogen) atoms. The van der Waals surface area contributed by atoms with E-state index in [1.807, 2.05) is 0 Å². The Labute approximate surface area is 121 Å². The lowest BCUT2D eigenvalue weighted by Gasteiger charge is -2.34. The van der Waals surface area contributed by atoms with Crippen LogP contribution in [0.1, 0.15) is 44.6 Å². The molecule has 0 spiro atoms. The van der Waals surface area contributed by atoms with Crippen LogP contribution in [0.4, 0.5) is 0 Å². The summed E-state index contributed by atoms with van der Waals surface area (Å²) in [5.41, 5.74) is 2.11. The summed E-state index contributed by atoms with van der Waals surface area (Å²) in [5, 5.41) is 4.49. The van der Waals surface area contributed by atoms with Crippen LogP contribution in [0.2, 0.25) is 0 Å². The predicted octanol–water partition coefficient (Wildman–Crippen LogP) is 4.26. The van der Waals surface area contributed by atoms with Gasteiger partial charge in [0.05, 0.1) is 0 Å². The summed E-state index contributed by atoms with van der Waals surface area (Å²) in [7, 11) is 0. The molecule has 1 saturated carbocycles. The van der Waals surface area contributed by atoms with E-state index in [-0.39, 0.29) is 0 Å². The molecule has 1 aromatic rings. The zero-order valence-corrected chi connectivity index (χ0v) is 12.8. The molecule has 1 fully saturated rings. The van der Waals surface area contributed by atoms with Gasteiger partial charge in [0.2, 0.25) is 0 Å². The smallest absolute Gasteiger partial charge is 0.0260 e. The third-order valence-corrected chi connectivity index (χ3v) is 6.02. The first-order valence-corrected chi connectivity index (χ1v) is 8.58. The van der Waals surface area contributed by atoms with Crippen molar-refractivity contribution in [2.45, 2.75) is 55.6 Å². The fourth-order valence-electron chi connectivity index (χ4n) is 3.48. The summed E-state index contributed by atoms with van der Waals surface area (Å²) >= 11 is 2.06. The Balaban J connectivity index is 1.44. The number of thioether (sulfide) groups is 1. The molecule has 0 aromatic heterocycles. The second-order valence-corrected chi connectivity index (χ2v) is 7.90. The Morgan fingerprint density at radius 2 is 2.00 bits per heavy atom. The van der Waals surface area contributed by atoms with Crippen LogP contribution in [0.15, 0.2) is 29.2 Å². The second-order valence-electron chi connectivity index (χ2n) is 6.55. The molecule has 0 radical (unpaired) electrons. The average Bonchev–Trinajstić information content (AvgIpc) is 2.82. The van der Waals surface area contributed by atoms with Crippen LogP contribution in [0, 0.1) is 5.41 Å². The van der Waals surface area contributed by atoms with Gasteiger partial charge in [0.15, 0.2) is 0 Å². The van der Waals surface area contributed by atoms with Crippen LogP contribution >= 0.6 is 11.8 Å². The van der Waals surface area contributed by atoms with Crippen LogP contribution in [-0.2, 0) is 6.42 Å². The average molecular weight is 275 g/mol. The van der Waals surface area contributed by atoms with Gasteiger partial charge in [-0.05, 0) is 36.3 Å². The summed E-state index contributed by atoms with van der Waals surface area (Å²) < 4.78 is 0. The van der Waals surface area contributed by atoms with E-state index in [1.165, 1.54) is 50.0 Å². The minimum Gasteiger partial charge on any atom is -0.315 e. The standard InChI is InChI=1S/C17H25NS/c1-17(9-5-2-6-10-17)13-18-12-15-11-14-7-3-4-8-16(14)19-15/h3-4,7-8,15,18H,2,5-6,9-13H2,1H3. The van der Waals surface area contributed by atoms with Crippen molar-refractivity contribution in [1.29, 1.82) is 0 Å². The van der Waals surface area contributed by atoms with Crippen molar-refractivity contribution in [2.24, 2.45) is 5.41 Å². The van der Waals surface area contributed by atoms with Gasteiger partial charge in [0.25, 0.3) is 0 Å². The zero-order valence-electron chi connectivity index (χ0n) is 12.0. The SMILES string of the molecule is CC1(CNCC2Cc3ccccc3S2)CCCCC1. The van der Waals surface area contributed by atoms with Gasteiger partial charge in [-0.15, -0.1) is 11.8 Å². The fourth-order valence-corrected chi connectivity index (χ4v) is 4.77. The van der Waals surface area contributed by atoms with E-state index in [1.54, 1.807) is 5.56 Å². The van der Waals surface area contributed by atoms with Gasteiger partial charge < -0.3 is 5.32 Å². The quantitative estimate of drug-likeness (QED) is 0.881. The van der Waals surface area contributed by atoms with Crippen molar-refractivity contribution in [3.05, 3.63) is 29.8 Å². The Morgan fingerprint density at radius 1 is 1.21 bits per heavy atom. The van der Waals surface area contributed by atoms with E-state index in [9.17, 15) is 0 Å². The van der Waals surface area contributed by atoms with Gasteiger partial charge in [0, 0.05) is 23.2 Å². The molecule has 3 rings (SSSR count). The summed E-state index contributed by atoms with van der Waals surface area (Å²) in [5.74, 6) is 0. The van der Waals surface area contributed by atoms with Gasteiger partial charge in [-0.25, -0.2) is 0 Å². The lowest BCUT2D eigenvalue weighted by atomic mass is 9.76. The Morgan fingerprint density at radius 3 is 2.79 bits per heavy atom. The molecule has 1 aliphatic heterocycles. The number of benzene rings is 1. The van der Waals surface area contributed by atoms with Crippen LogP contribution in [0.5, 0.6) is 0 Å². The third kappa shape index (κ3) is 3.35. The molecule has 1 nitrogen and oxygen atoms in total. The summed E-state index contributed by atoms with van der Waals surface area (Å²) in [6, 6.07) is 8.87. The second kappa shape index (κ2) is 5.88. The highest BCUT2D eigenvalue weighted by Crippen LogP contribution is 2.37. The highest BCUT2D eigenvalue weighted by Gasteiger charge is 2.27. The Bertz CT molecular complexity index is 398. The maximum absolute atomic E-state index is 3.75. The van der Waals surface area contributed by atoms with Crippen LogP contribution in [0.3, 0.4) is 0 Å². The van der Waals surface area contributed by atoms with Crippen molar-refractivity contribution in [3.8, 4) is 0 Å². The first kappa shape index (κ1) is 13.5. The van der Waals surface area contributed by atoms with E-state index in [0.717, 1.165) is 11.8 Å². The normalized spacial score (nSPS) is 25.2. The Hall–Kier alpha value is -0.470. The largest absolute Gasteiger partial charge is 0.315 e. The molecule has 0 amide bonds. The summed E-state index contributed by atoms with van der Waals surface area (Å²) in [6.45, 7) is 4.84. The molecule has 1 heterocycles. The van der Waals surface area contributed by atoms with Crippen molar-refractivity contribution in [3.63, 3.8) is 0 Å². The molecule has 104 valence electrons. The molecular weight excluding hydrogens is 250 g/mol. The molecule has 1 aromatic carbocycles. The number of nitrogens with one attached hydrogen (secondary N) is 1. The molecule has 1 N–H and O–H groups in total.